The fourth-order valence-electron chi connectivity index (χ4n) is 4.06. The summed E-state index contributed by atoms with van der Waals surface area (Å²) in [5, 5.41) is 9.39. The molecule has 164 valence electrons. The number of rotatable bonds is 7. The van der Waals surface area contributed by atoms with E-state index >= 15 is 0 Å². The maximum atomic E-state index is 11.3. The molecule has 1 aliphatic heterocycles. The van der Waals surface area contributed by atoms with Gasteiger partial charge in [-0.3, -0.25) is 4.79 Å². The van der Waals surface area contributed by atoms with Gasteiger partial charge in [-0.1, -0.05) is 30.3 Å². The van der Waals surface area contributed by atoms with E-state index < -0.39 is 5.79 Å². The molecule has 0 N–H and O–H groups in total. The fraction of sp³-hybridized carbons (Fsp3) is 0.737. The maximum Gasteiger partial charge on any atom is 0.302 e. The van der Waals surface area contributed by atoms with E-state index in [4.69, 9.17) is 19.2 Å². The van der Waals surface area contributed by atoms with E-state index in [-0.39, 0.29) is 36.7 Å². The highest BCUT2D eigenvalue weighted by atomic mass is 79.9. The van der Waals surface area contributed by atoms with Crippen LogP contribution in [-0.4, -0.2) is 61.3 Å². The summed E-state index contributed by atoms with van der Waals surface area (Å²) in [5.41, 5.74) is 1.29. The van der Waals surface area contributed by atoms with Crippen molar-refractivity contribution in [2.45, 2.75) is 76.2 Å². The average Bonchev–Trinajstić information content (AvgIpc) is 3.31. The summed E-state index contributed by atoms with van der Waals surface area (Å²) < 4.78 is 20.1. The molecular formula is C19H26BrN5O4S. The number of carbonyl (C=O) groups is 1. The molecular weight excluding hydrogens is 474 g/mol. The zero-order chi connectivity index (χ0) is 21.5. The van der Waals surface area contributed by atoms with Crippen LogP contribution in [0.2, 0.25) is 0 Å². The molecule has 0 aromatic carbocycles. The molecule has 30 heavy (non-hydrogen) atoms. The lowest BCUT2D eigenvalue weighted by atomic mass is 10.1. The minimum Gasteiger partial charge on any atom is -0.465 e. The first kappa shape index (κ1) is 21.9. The number of esters is 1. The molecule has 4 atom stereocenters. The molecule has 0 spiro atoms. The van der Waals surface area contributed by atoms with Gasteiger partial charge in [-0.25, -0.2) is 14.6 Å². The number of thioether (sulfide) groups is 1. The fourth-order valence-corrected chi connectivity index (χ4v) is 5.52. The number of hydrogen-bond donors (Lipinski definition) is 0. The van der Waals surface area contributed by atoms with Gasteiger partial charge in [-0.2, -0.15) is 0 Å². The summed E-state index contributed by atoms with van der Waals surface area (Å²) in [6, 6.07) is -0.127. The summed E-state index contributed by atoms with van der Waals surface area (Å²) in [5.74, 6) is -0.0478. The summed E-state index contributed by atoms with van der Waals surface area (Å²) in [4.78, 5) is 20.6. The van der Waals surface area contributed by atoms with Gasteiger partial charge in [-0.15, -0.1) is 5.10 Å². The van der Waals surface area contributed by atoms with Crippen molar-refractivity contribution in [1.29, 1.82) is 0 Å². The molecule has 2 aromatic rings. The van der Waals surface area contributed by atoms with E-state index in [0.717, 1.165) is 18.6 Å². The number of hydrogen-bond acceptors (Lipinski definition) is 9. The van der Waals surface area contributed by atoms with Gasteiger partial charge in [0, 0.05) is 18.6 Å². The van der Waals surface area contributed by atoms with Crippen molar-refractivity contribution in [3.05, 3.63) is 4.60 Å². The number of aromatic nitrogens is 5. The minimum absolute atomic E-state index is 0.00797. The highest BCUT2D eigenvalue weighted by Gasteiger charge is 2.55. The van der Waals surface area contributed by atoms with Crippen LogP contribution in [0.5, 0.6) is 0 Å². The van der Waals surface area contributed by atoms with Crippen LogP contribution >= 0.6 is 27.7 Å². The number of fused-ring (bicyclic) bond motifs is 2. The minimum atomic E-state index is -0.713. The van der Waals surface area contributed by atoms with E-state index in [1.54, 1.807) is 11.8 Å². The van der Waals surface area contributed by atoms with E-state index in [0.29, 0.717) is 27.3 Å². The monoisotopic (exact) mass is 499 g/mol. The van der Waals surface area contributed by atoms with Crippen LogP contribution in [0.25, 0.3) is 11.2 Å². The van der Waals surface area contributed by atoms with Crippen LogP contribution < -0.4 is 0 Å². The Balaban J connectivity index is 1.65. The molecule has 0 amide bonds. The first-order valence-corrected chi connectivity index (χ1v) is 12.0. The lowest BCUT2D eigenvalue weighted by molar-refractivity contribution is -0.164. The predicted octanol–water partition coefficient (Wildman–Crippen LogP) is 3.52. The van der Waals surface area contributed by atoms with Gasteiger partial charge in [0.25, 0.3) is 0 Å². The number of ether oxygens (including phenoxy) is 3. The molecule has 0 radical (unpaired) electrons. The van der Waals surface area contributed by atoms with Gasteiger partial charge >= 0.3 is 5.97 Å². The summed E-state index contributed by atoms with van der Waals surface area (Å²) in [7, 11) is 0. The van der Waals surface area contributed by atoms with Gasteiger partial charge in [0.1, 0.15) is 10.7 Å². The van der Waals surface area contributed by atoms with Crippen molar-refractivity contribution in [3.63, 3.8) is 0 Å². The highest BCUT2D eigenvalue weighted by molar-refractivity contribution is 9.10. The van der Waals surface area contributed by atoms with E-state index in [2.05, 4.69) is 38.1 Å². The van der Waals surface area contributed by atoms with Gasteiger partial charge in [0.2, 0.25) is 0 Å². The molecule has 4 unspecified atom stereocenters. The van der Waals surface area contributed by atoms with Crippen molar-refractivity contribution in [1.82, 2.24) is 25.0 Å². The van der Waals surface area contributed by atoms with E-state index in [9.17, 15) is 4.79 Å². The lowest BCUT2D eigenvalue weighted by Gasteiger charge is -2.23. The number of halogens is 1. The smallest absolute Gasteiger partial charge is 0.302 e. The number of nitrogens with zero attached hydrogens (tertiary/aromatic N) is 5. The lowest BCUT2D eigenvalue weighted by Crippen LogP contribution is -2.29. The van der Waals surface area contributed by atoms with Crippen LogP contribution in [0.15, 0.2) is 9.76 Å². The second kappa shape index (κ2) is 8.68. The average molecular weight is 500 g/mol. The van der Waals surface area contributed by atoms with Gasteiger partial charge in [0.05, 0.1) is 18.8 Å². The van der Waals surface area contributed by atoms with Gasteiger partial charge in [0.15, 0.2) is 22.1 Å². The summed E-state index contributed by atoms with van der Waals surface area (Å²) >= 11 is 5.14. The van der Waals surface area contributed by atoms with Crippen LogP contribution in [0.4, 0.5) is 0 Å². The first-order valence-electron chi connectivity index (χ1n) is 10.2. The van der Waals surface area contributed by atoms with Crippen molar-refractivity contribution in [2.24, 2.45) is 5.92 Å². The largest absolute Gasteiger partial charge is 0.465 e. The molecule has 9 nitrogen and oxygen atoms in total. The maximum absolute atomic E-state index is 11.3. The van der Waals surface area contributed by atoms with Crippen LogP contribution in [0.1, 0.15) is 53.0 Å². The Morgan fingerprint density at radius 2 is 2.10 bits per heavy atom. The molecule has 11 heteroatoms. The molecule has 2 aliphatic rings. The van der Waals surface area contributed by atoms with Crippen molar-refractivity contribution < 1.29 is 19.0 Å². The van der Waals surface area contributed by atoms with Crippen LogP contribution in [0.3, 0.4) is 0 Å². The van der Waals surface area contributed by atoms with Crippen molar-refractivity contribution in [2.75, 3.05) is 12.4 Å². The quantitative estimate of drug-likeness (QED) is 0.186. The Morgan fingerprint density at radius 1 is 1.33 bits per heavy atom. The third-order valence-corrected chi connectivity index (χ3v) is 6.84. The highest BCUT2D eigenvalue weighted by Crippen LogP contribution is 2.47. The first-order chi connectivity index (χ1) is 14.3. The Hall–Kier alpha value is -1.30. The molecule has 4 rings (SSSR count). The second-order valence-electron chi connectivity index (χ2n) is 8.14. The van der Waals surface area contributed by atoms with Crippen molar-refractivity contribution >= 4 is 44.8 Å². The standard InChI is InChI=1S/C19H26BrN5O4S/c1-5-6-7-30-18-21-16(20)13-17(22-18)25(24-23-13)12-8-11(9-27-10(2)26)14-15(12)29-19(3,4)28-14/h11-12,14-15H,5-9H2,1-4H3. The SMILES string of the molecule is CCCCSc1nc(Br)c2nnn(C3CC(COC(C)=O)C4OC(C)(C)OC43)c2n1. The Morgan fingerprint density at radius 3 is 2.83 bits per heavy atom. The third kappa shape index (κ3) is 4.35. The molecule has 0 bridgehead atoms. The normalized spacial score (nSPS) is 27.5. The molecule has 1 saturated carbocycles. The molecule has 2 fully saturated rings. The van der Waals surface area contributed by atoms with Gasteiger partial charge < -0.3 is 14.2 Å². The van der Waals surface area contributed by atoms with Gasteiger partial charge in [-0.05, 0) is 42.6 Å². The Kier molecular flexibility index (Phi) is 6.34. The molecule has 2 aromatic heterocycles. The zero-order valence-electron chi connectivity index (χ0n) is 17.5. The molecule has 1 saturated heterocycles. The number of unbranched alkanes of at least 4 members (excludes halogenated alkanes) is 1. The third-order valence-electron chi connectivity index (χ3n) is 5.36. The predicted molar refractivity (Wildman–Crippen MR) is 114 cm³/mol. The van der Waals surface area contributed by atoms with Crippen molar-refractivity contribution in [3.8, 4) is 0 Å². The molecule has 3 heterocycles. The Bertz CT molecular complexity index is 939. The zero-order valence-corrected chi connectivity index (χ0v) is 19.9. The van der Waals surface area contributed by atoms with E-state index in [1.165, 1.54) is 6.92 Å². The second-order valence-corrected chi connectivity index (χ2v) is 9.95. The van der Waals surface area contributed by atoms with Crippen LogP contribution in [0, 0.1) is 5.92 Å². The van der Waals surface area contributed by atoms with Crippen LogP contribution in [-0.2, 0) is 19.0 Å². The topological polar surface area (TPSA) is 101 Å². The molecule has 1 aliphatic carbocycles. The summed E-state index contributed by atoms with van der Waals surface area (Å²) in [6.45, 7) is 7.65. The number of carbonyl (C=O) groups excluding carboxylic acids is 1. The Labute approximate surface area is 187 Å². The summed E-state index contributed by atoms with van der Waals surface area (Å²) in [6.07, 6.45) is 2.50. The van der Waals surface area contributed by atoms with E-state index in [1.807, 2.05) is 18.5 Å².